The van der Waals surface area contributed by atoms with Crippen LogP contribution in [0.3, 0.4) is 0 Å². The van der Waals surface area contributed by atoms with E-state index >= 15 is 0 Å². The highest BCUT2D eigenvalue weighted by atomic mass is 16.6. The molecule has 0 atom stereocenters. The van der Waals surface area contributed by atoms with Gasteiger partial charge in [-0.1, -0.05) is 0 Å². The topological polar surface area (TPSA) is 35.5 Å². The predicted octanol–water partition coefficient (Wildman–Crippen LogP) is 1.14. The van der Waals surface area contributed by atoms with Crippen molar-refractivity contribution in [1.82, 2.24) is 0 Å². The lowest BCUT2D eigenvalue weighted by Gasteiger charge is -2.20. The predicted molar refractivity (Wildman–Crippen MR) is 37.2 cm³/mol. The fourth-order valence-corrected chi connectivity index (χ4v) is 0.594. The number of hydrogen-bond acceptors (Lipinski definition) is 3. The van der Waals surface area contributed by atoms with E-state index in [1.165, 1.54) is 0 Å². The van der Waals surface area contributed by atoms with Crippen LogP contribution in [0.15, 0.2) is 0 Å². The van der Waals surface area contributed by atoms with Crippen molar-refractivity contribution in [1.29, 1.82) is 0 Å². The van der Waals surface area contributed by atoms with E-state index in [0.717, 1.165) is 0 Å². The van der Waals surface area contributed by atoms with Crippen molar-refractivity contribution in [2.45, 2.75) is 26.4 Å². The number of carbonyl (C=O) groups is 1. The molecule has 0 saturated carbocycles. The Morgan fingerprint density at radius 2 is 2.10 bits per heavy atom. The molecule has 0 aromatic carbocycles. The zero-order valence-electron chi connectivity index (χ0n) is 6.64. The Hall–Kier alpha value is -0.570. The number of esters is 1. The molecule has 1 radical (unpaired) electrons. The zero-order chi connectivity index (χ0) is 8.20. The first-order valence-electron chi connectivity index (χ1n) is 3.15. The summed E-state index contributed by atoms with van der Waals surface area (Å²) in [7, 11) is 3.00. The van der Waals surface area contributed by atoms with Gasteiger partial charge in [0.05, 0.1) is 0 Å². The van der Waals surface area contributed by atoms with Crippen LogP contribution in [0.2, 0.25) is 0 Å². The van der Waals surface area contributed by atoms with Crippen molar-refractivity contribution in [2.24, 2.45) is 0 Å². The Labute approximate surface area is 61.3 Å². The summed E-state index contributed by atoms with van der Waals surface area (Å²) >= 11 is 0. The van der Waals surface area contributed by atoms with Crippen LogP contribution in [0.4, 0.5) is 0 Å². The maximum atomic E-state index is 10.8. The van der Waals surface area contributed by atoms with Crippen LogP contribution >= 0.6 is 0 Å². The largest absolute Gasteiger partial charge is 0.460 e. The van der Waals surface area contributed by atoms with Gasteiger partial charge in [-0.3, -0.25) is 0 Å². The molecule has 0 amide bonds. The SMILES string of the molecule is [CH2]OC(=O)C(C)(C)OCC. The van der Waals surface area contributed by atoms with E-state index in [1.54, 1.807) is 13.8 Å². The van der Waals surface area contributed by atoms with Crippen LogP contribution < -0.4 is 0 Å². The minimum atomic E-state index is -0.865. The second-order valence-corrected chi connectivity index (χ2v) is 2.38. The van der Waals surface area contributed by atoms with Gasteiger partial charge in [-0.05, 0) is 20.8 Å². The van der Waals surface area contributed by atoms with Gasteiger partial charge in [0.2, 0.25) is 0 Å². The van der Waals surface area contributed by atoms with Gasteiger partial charge >= 0.3 is 5.97 Å². The molecule has 0 aliphatic rings. The van der Waals surface area contributed by atoms with E-state index in [2.05, 4.69) is 11.8 Å². The van der Waals surface area contributed by atoms with Crippen LogP contribution in [-0.4, -0.2) is 18.2 Å². The highest BCUT2D eigenvalue weighted by Crippen LogP contribution is 2.10. The second kappa shape index (κ2) is 3.56. The monoisotopic (exact) mass is 145 g/mol. The lowest BCUT2D eigenvalue weighted by molar-refractivity contribution is -0.162. The smallest absolute Gasteiger partial charge is 0.337 e. The molecular formula is C7H13O3. The van der Waals surface area contributed by atoms with Crippen molar-refractivity contribution in [3.63, 3.8) is 0 Å². The third-order valence-electron chi connectivity index (χ3n) is 1.13. The van der Waals surface area contributed by atoms with Gasteiger partial charge in [0, 0.05) is 6.61 Å². The zero-order valence-corrected chi connectivity index (χ0v) is 6.64. The van der Waals surface area contributed by atoms with Crippen LogP contribution in [0.1, 0.15) is 20.8 Å². The van der Waals surface area contributed by atoms with Gasteiger partial charge in [0.25, 0.3) is 0 Å². The van der Waals surface area contributed by atoms with Crippen molar-refractivity contribution >= 4 is 5.97 Å². The Kier molecular flexibility index (Phi) is 3.36. The molecule has 0 rings (SSSR count). The summed E-state index contributed by atoms with van der Waals surface area (Å²) in [4.78, 5) is 10.8. The van der Waals surface area contributed by atoms with Gasteiger partial charge in [0.15, 0.2) is 5.60 Å². The molecular weight excluding hydrogens is 132 g/mol. The first-order valence-corrected chi connectivity index (χ1v) is 3.15. The van der Waals surface area contributed by atoms with Gasteiger partial charge in [-0.15, -0.1) is 0 Å². The minimum Gasteiger partial charge on any atom is -0.460 e. The van der Waals surface area contributed by atoms with Crippen LogP contribution in [0.5, 0.6) is 0 Å². The molecule has 59 valence electrons. The standard InChI is InChI=1S/C7H13O3/c1-5-10-7(2,3)6(8)9-4/h4-5H2,1-3H3. The lowest BCUT2D eigenvalue weighted by atomic mass is 10.1. The summed E-state index contributed by atoms with van der Waals surface area (Å²) in [5, 5.41) is 0. The highest BCUT2D eigenvalue weighted by Gasteiger charge is 2.28. The molecule has 0 fully saturated rings. The van der Waals surface area contributed by atoms with Gasteiger partial charge in [-0.25, -0.2) is 4.79 Å². The Morgan fingerprint density at radius 1 is 1.60 bits per heavy atom. The number of carbonyl (C=O) groups excluding carboxylic acids is 1. The average Bonchev–Trinajstić information content (AvgIpc) is 1.86. The molecule has 0 unspecified atom stereocenters. The fourth-order valence-electron chi connectivity index (χ4n) is 0.594. The Balaban J connectivity index is 3.96. The van der Waals surface area contributed by atoms with E-state index in [-0.39, 0.29) is 0 Å². The second-order valence-electron chi connectivity index (χ2n) is 2.38. The molecule has 3 nitrogen and oxygen atoms in total. The maximum Gasteiger partial charge on any atom is 0.337 e. The summed E-state index contributed by atoms with van der Waals surface area (Å²) in [5.41, 5.74) is -0.865. The first-order chi connectivity index (χ1) is 4.54. The summed E-state index contributed by atoms with van der Waals surface area (Å²) < 4.78 is 9.32. The van der Waals surface area contributed by atoms with E-state index in [9.17, 15) is 4.79 Å². The Morgan fingerprint density at radius 3 is 2.40 bits per heavy atom. The average molecular weight is 145 g/mol. The molecule has 0 aromatic rings. The summed E-state index contributed by atoms with van der Waals surface area (Å²) in [6.07, 6.45) is 0. The fraction of sp³-hybridized carbons (Fsp3) is 0.714. The summed E-state index contributed by atoms with van der Waals surface area (Å²) in [6, 6.07) is 0. The van der Waals surface area contributed by atoms with E-state index < -0.39 is 11.6 Å². The number of ether oxygens (including phenoxy) is 2. The molecule has 0 N–H and O–H groups in total. The molecule has 0 saturated heterocycles. The van der Waals surface area contributed by atoms with Gasteiger partial charge < -0.3 is 9.47 Å². The highest BCUT2D eigenvalue weighted by molar-refractivity contribution is 5.78. The molecule has 0 heterocycles. The summed E-state index contributed by atoms with van der Waals surface area (Å²) in [5.74, 6) is -0.450. The van der Waals surface area contributed by atoms with Gasteiger partial charge in [0.1, 0.15) is 7.11 Å². The normalized spacial score (nSPS) is 11.2. The molecule has 0 aromatic heterocycles. The van der Waals surface area contributed by atoms with E-state index in [1.807, 2.05) is 6.92 Å². The van der Waals surface area contributed by atoms with Crippen molar-refractivity contribution < 1.29 is 14.3 Å². The van der Waals surface area contributed by atoms with Crippen molar-refractivity contribution in [3.8, 4) is 0 Å². The number of hydrogen-bond donors (Lipinski definition) is 0. The molecule has 0 spiro atoms. The lowest BCUT2D eigenvalue weighted by Crippen LogP contribution is -2.35. The van der Waals surface area contributed by atoms with Gasteiger partial charge in [-0.2, -0.15) is 0 Å². The van der Waals surface area contributed by atoms with Crippen LogP contribution in [-0.2, 0) is 14.3 Å². The molecule has 10 heavy (non-hydrogen) atoms. The maximum absolute atomic E-state index is 10.8. The van der Waals surface area contributed by atoms with Crippen LogP contribution in [0.25, 0.3) is 0 Å². The third kappa shape index (κ3) is 2.35. The number of rotatable bonds is 3. The molecule has 0 bridgehead atoms. The van der Waals surface area contributed by atoms with E-state index in [0.29, 0.717) is 6.61 Å². The van der Waals surface area contributed by atoms with Crippen molar-refractivity contribution in [2.75, 3.05) is 6.61 Å². The van der Waals surface area contributed by atoms with Crippen molar-refractivity contribution in [3.05, 3.63) is 7.11 Å². The quantitative estimate of drug-likeness (QED) is 0.558. The Bertz CT molecular complexity index is 118. The summed E-state index contributed by atoms with van der Waals surface area (Å²) in [6.45, 7) is 5.59. The van der Waals surface area contributed by atoms with E-state index in [4.69, 9.17) is 4.74 Å². The molecule has 3 heteroatoms. The third-order valence-corrected chi connectivity index (χ3v) is 1.13. The minimum absolute atomic E-state index is 0.450. The molecule has 0 aliphatic heterocycles. The first kappa shape index (κ1) is 9.43. The van der Waals surface area contributed by atoms with Crippen LogP contribution in [0, 0.1) is 7.11 Å². The molecule has 0 aliphatic carbocycles.